The number of aryl methyl sites for hydroxylation is 1. The van der Waals surface area contributed by atoms with Gasteiger partial charge in [-0.1, -0.05) is 0 Å². The lowest BCUT2D eigenvalue weighted by Gasteiger charge is -2.12. The first-order valence-corrected chi connectivity index (χ1v) is 4.43. The van der Waals surface area contributed by atoms with Gasteiger partial charge < -0.3 is 10.3 Å². The molecule has 1 fully saturated rings. The molecule has 0 bridgehead atoms. The summed E-state index contributed by atoms with van der Waals surface area (Å²) in [6.07, 6.45) is 5.42. The molecule has 1 aliphatic rings. The number of nitrogens with zero attached hydrogens (tertiary/aromatic N) is 1. The second kappa shape index (κ2) is 2.59. The van der Waals surface area contributed by atoms with Gasteiger partial charge in [-0.2, -0.15) is 0 Å². The largest absolute Gasteiger partial charge is 0.348 e. The molecule has 12 heavy (non-hydrogen) atoms. The molecule has 1 aromatic rings. The van der Waals surface area contributed by atoms with Gasteiger partial charge >= 0.3 is 0 Å². The number of nitrogens with one attached hydrogen (secondary N) is 2. The van der Waals surface area contributed by atoms with Crippen LogP contribution in [0.3, 0.4) is 0 Å². The highest BCUT2D eigenvalue weighted by molar-refractivity contribution is 5.17. The smallest absolute Gasteiger partial charge is 0.0925 e. The molecule has 0 spiro atoms. The summed E-state index contributed by atoms with van der Waals surface area (Å²) in [4.78, 5) is 7.40. The summed E-state index contributed by atoms with van der Waals surface area (Å²) in [6, 6.07) is 0. The van der Waals surface area contributed by atoms with Crippen molar-refractivity contribution in [1.29, 1.82) is 0 Å². The van der Waals surface area contributed by atoms with E-state index in [1.807, 2.05) is 7.05 Å². The number of hydrogen-bond acceptors (Lipinski definition) is 2. The lowest BCUT2D eigenvalue weighted by Crippen LogP contribution is -2.29. The van der Waals surface area contributed by atoms with Gasteiger partial charge in [-0.05, 0) is 26.8 Å². The molecule has 0 atom stereocenters. The van der Waals surface area contributed by atoms with Crippen LogP contribution in [0.25, 0.3) is 0 Å². The maximum absolute atomic E-state index is 4.29. The van der Waals surface area contributed by atoms with E-state index in [0.717, 1.165) is 6.42 Å². The number of imidazole rings is 1. The van der Waals surface area contributed by atoms with Crippen LogP contribution >= 0.6 is 0 Å². The molecule has 2 rings (SSSR count). The molecular formula is C9H15N3. The molecule has 1 aromatic heterocycles. The van der Waals surface area contributed by atoms with E-state index in [-0.39, 0.29) is 0 Å². The van der Waals surface area contributed by atoms with E-state index in [9.17, 15) is 0 Å². The van der Waals surface area contributed by atoms with Crippen LogP contribution in [-0.4, -0.2) is 22.6 Å². The maximum atomic E-state index is 4.29. The average molecular weight is 165 g/mol. The van der Waals surface area contributed by atoms with Crippen LogP contribution in [0.5, 0.6) is 0 Å². The number of rotatable bonds is 3. The van der Waals surface area contributed by atoms with Crippen molar-refractivity contribution in [2.45, 2.75) is 31.7 Å². The molecule has 1 saturated carbocycles. The van der Waals surface area contributed by atoms with E-state index in [4.69, 9.17) is 0 Å². The van der Waals surface area contributed by atoms with Crippen molar-refractivity contribution < 1.29 is 0 Å². The van der Waals surface area contributed by atoms with Gasteiger partial charge in [0.05, 0.1) is 12.0 Å². The van der Waals surface area contributed by atoms with Crippen LogP contribution in [0, 0.1) is 6.92 Å². The Bertz CT molecular complexity index is 273. The Morgan fingerprint density at radius 1 is 1.67 bits per heavy atom. The molecule has 1 heterocycles. The van der Waals surface area contributed by atoms with Gasteiger partial charge in [0.2, 0.25) is 0 Å². The molecule has 1 aliphatic carbocycles. The molecule has 0 aliphatic heterocycles. The summed E-state index contributed by atoms with van der Waals surface area (Å²) in [6.45, 7) is 2.08. The molecular weight excluding hydrogens is 150 g/mol. The van der Waals surface area contributed by atoms with Gasteiger partial charge in [0, 0.05) is 17.7 Å². The zero-order valence-corrected chi connectivity index (χ0v) is 7.65. The van der Waals surface area contributed by atoms with Crippen LogP contribution in [0.15, 0.2) is 6.33 Å². The Hall–Kier alpha value is -0.830. The lowest BCUT2D eigenvalue weighted by atomic mass is 10.1. The van der Waals surface area contributed by atoms with Crippen molar-refractivity contribution in [2.24, 2.45) is 0 Å². The fourth-order valence-electron chi connectivity index (χ4n) is 1.55. The van der Waals surface area contributed by atoms with E-state index < -0.39 is 0 Å². The van der Waals surface area contributed by atoms with E-state index in [1.165, 1.54) is 24.2 Å². The van der Waals surface area contributed by atoms with Crippen molar-refractivity contribution in [3.63, 3.8) is 0 Å². The third kappa shape index (κ3) is 1.25. The third-order valence-corrected chi connectivity index (χ3v) is 2.82. The second-order valence-corrected chi connectivity index (χ2v) is 3.68. The molecule has 0 saturated heterocycles. The van der Waals surface area contributed by atoms with Gasteiger partial charge in [-0.3, -0.25) is 0 Å². The van der Waals surface area contributed by atoms with Crippen LogP contribution in [-0.2, 0) is 6.42 Å². The molecule has 66 valence electrons. The minimum Gasteiger partial charge on any atom is -0.348 e. The Morgan fingerprint density at radius 3 is 2.83 bits per heavy atom. The molecule has 0 aromatic carbocycles. The highest BCUT2D eigenvalue weighted by Gasteiger charge is 2.41. The van der Waals surface area contributed by atoms with Crippen molar-refractivity contribution >= 4 is 0 Å². The minimum absolute atomic E-state index is 0.375. The molecule has 0 amide bonds. The number of H-pyrrole nitrogens is 1. The fourth-order valence-corrected chi connectivity index (χ4v) is 1.55. The Morgan fingerprint density at radius 2 is 2.42 bits per heavy atom. The third-order valence-electron chi connectivity index (χ3n) is 2.82. The predicted octanol–water partition coefficient (Wildman–Crippen LogP) is 1.01. The number of aromatic amines is 1. The topological polar surface area (TPSA) is 40.7 Å². The summed E-state index contributed by atoms with van der Waals surface area (Å²) >= 11 is 0. The summed E-state index contributed by atoms with van der Waals surface area (Å²) in [5.74, 6) is 0. The van der Waals surface area contributed by atoms with E-state index in [1.54, 1.807) is 6.33 Å². The number of hydrogen-bond donors (Lipinski definition) is 2. The quantitative estimate of drug-likeness (QED) is 0.702. The predicted molar refractivity (Wildman–Crippen MR) is 48.1 cm³/mol. The molecule has 0 unspecified atom stereocenters. The van der Waals surface area contributed by atoms with Gasteiger partial charge in [0.15, 0.2) is 0 Å². The minimum atomic E-state index is 0.375. The molecule has 0 radical (unpaired) electrons. The van der Waals surface area contributed by atoms with E-state index in [2.05, 4.69) is 22.2 Å². The lowest BCUT2D eigenvalue weighted by molar-refractivity contribution is 0.542. The van der Waals surface area contributed by atoms with Crippen LogP contribution < -0.4 is 5.32 Å². The van der Waals surface area contributed by atoms with Crippen molar-refractivity contribution in [1.82, 2.24) is 15.3 Å². The zero-order chi connectivity index (χ0) is 8.60. The summed E-state index contributed by atoms with van der Waals surface area (Å²) in [5.41, 5.74) is 2.79. The van der Waals surface area contributed by atoms with Gasteiger partial charge in [-0.15, -0.1) is 0 Å². The maximum Gasteiger partial charge on any atom is 0.0925 e. The Kier molecular flexibility index (Phi) is 1.68. The first-order chi connectivity index (χ1) is 5.76. The first kappa shape index (κ1) is 7.80. The summed E-state index contributed by atoms with van der Waals surface area (Å²) < 4.78 is 0. The van der Waals surface area contributed by atoms with Gasteiger partial charge in [0.25, 0.3) is 0 Å². The summed E-state index contributed by atoms with van der Waals surface area (Å²) in [7, 11) is 2.04. The fraction of sp³-hybridized carbons (Fsp3) is 0.667. The number of aromatic nitrogens is 2. The van der Waals surface area contributed by atoms with Crippen molar-refractivity contribution in [2.75, 3.05) is 7.05 Å². The average Bonchev–Trinajstić information content (AvgIpc) is 2.74. The van der Waals surface area contributed by atoms with Crippen molar-refractivity contribution in [3.8, 4) is 0 Å². The van der Waals surface area contributed by atoms with Crippen molar-refractivity contribution in [3.05, 3.63) is 17.7 Å². The summed E-state index contributed by atoms with van der Waals surface area (Å²) in [5, 5.41) is 3.36. The highest BCUT2D eigenvalue weighted by Crippen LogP contribution is 2.37. The van der Waals surface area contributed by atoms with E-state index >= 15 is 0 Å². The van der Waals surface area contributed by atoms with Crippen LogP contribution in [0.4, 0.5) is 0 Å². The number of likely N-dealkylation sites (N-methyl/N-ethyl adjacent to an activating group) is 1. The van der Waals surface area contributed by atoms with Gasteiger partial charge in [0.1, 0.15) is 0 Å². The monoisotopic (exact) mass is 165 g/mol. The molecule has 2 N–H and O–H groups in total. The van der Waals surface area contributed by atoms with E-state index in [0.29, 0.717) is 5.54 Å². The Labute approximate surface area is 72.6 Å². The zero-order valence-electron chi connectivity index (χ0n) is 7.65. The molecule has 3 heteroatoms. The normalized spacial score (nSPS) is 19.5. The SMILES string of the molecule is CNC1(Cc2nc[nH]c2C)CC1. The molecule has 3 nitrogen and oxygen atoms in total. The highest BCUT2D eigenvalue weighted by atomic mass is 15.0. The van der Waals surface area contributed by atoms with Crippen LogP contribution in [0.1, 0.15) is 24.2 Å². The second-order valence-electron chi connectivity index (χ2n) is 3.68. The Balaban J connectivity index is 2.08. The van der Waals surface area contributed by atoms with Crippen LogP contribution in [0.2, 0.25) is 0 Å². The standard InChI is InChI=1S/C9H15N3/c1-7-8(12-6-11-7)5-9(10-2)3-4-9/h6,10H,3-5H2,1-2H3,(H,11,12). The first-order valence-electron chi connectivity index (χ1n) is 4.43. The van der Waals surface area contributed by atoms with Gasteiger partial charge in [-0.25, -0.2) is 4.98 Å².